The Hall–Kier alpha value is -0.570. The summed E-state index contributed by atoms with van der Waals surface area (Å²) >= 11 is 0. The van der Waals surface area contributed by atoms with Gasteiger partial charge in [-0.1, -0.05) is 27.2 Å². The molecule has 0 heterocycles. The molecule has 2 unspecified atom stereocenters. The van der Waals surface area contributed by atoms with Gasteiger partial charge in [0.1, 0.15) is 0 Å². The van der Waals surface area contributed by atoms with Gasteiger partial charge in [-0.3, -0.25) is 4.79 Å². The van der Waals surface area contributed by atoms with E-state index >= 15 is 0 Å². The molecule has 0 radical (unpaired) electrons. The third-order valence-corrected chi connectivity index (χ3v) is 3.56. The first-order chi connectivity index (χ1) is 7.56. The highest BCUT2D eigenvalue weighted by molar-refractivity contribution is 5.71. The molecule has 0 spiro atoms. The third-order valence-electron chi connectivity index (χ3n) is 3.56. The Balaban J connectivity index is 4.05. The van der Waals surface area contributed by atoms with Crippen molar-refractivity contribution in [2.75, 3.05) is 13.7 Å². The van der Waals surface area contributed by atoms with Gasteiger partial charge in [0.25, 0.3) is 0 Å². The Morgan fingerprint density at radius 1 is 1.25 bits per heavy atom. The van der Waals surface area contributed by atoms with Crippen molar-refractivity contribution in [2.24, 2.45) is 23.5 Å². The van der Waals surface area contributed by atoms with Crippen LogP contribution in [0.25, 0.3) is 0 Å². The van der Waals surface area contributed by atoms with Gasteiger partial charge >= 0.3 is 5.97 Å². The Morgan fingerprint density at radius 3 is 2.31 bits per heavy atom. The molecular weight excluding hydrogens is 202 g/mol. The first-order valence-corrected chi connectivity index (χ1v) is 6.34. The second-order valence-corrected chi connectivity index (χ2v) is 4.72. The summed E-state index contributed by atoms with van der Waals surface area (Å²) in [4.78, 5) is 11.3. The fourth-order valence-electron chi connectivity index (χ4n) is 2.04. The van der Waals surface area contributed by atoms with Crippen LogP contribution < -0.4 is 5.73 Å². The van der Waals surface area contributed by atoms with Gasteiger partial charge in [-0.2, -0.15) is 0 Å². The largest absolute Gasteiger partial charge is 0.469 e. The molecule has 0 amide bonds. The zero-order valence-corrected chi connectivity index (χ0v) is 11.2. The van der Waals surface area contributed by atoms with Crippen molar-refractivity contribution in [3.8, 4) is 0 Å². The Kier molecular flexibility index (Phi) is 8.26. The monoisotopic (exact) mass is 229 g/mol. The van der Waals surface area contributed by atoms with Crippen molar-refractivity contribution < 1.29 is 9.53 Å². The first kappa shape index (κ1) is 15.4. The maximum Gasteiger partial charge on any atom is 0.308 e. The van der Waals surface area contributed by atoms with E-state index in [2.05, 4.69) is 13.8 Å². The topological polar surface area (TPSA) is 52.3 Å². The fraction of sp³-hybridized carbons (Fsp3) is 0.923. The molecule has 3 heteroatoms. The molecule has 0 fully saturated rings. The van der Waals surface area contributed by atoms with E-state index in [-0.39, 0.29) is 11.9 Å². The lowest BCUT2D eigenvalue weighted by molar-refractivity contribution is -0.145. The summed E-state index contributed by atoms with van der Waals surface area (Å²) in [7, 11) is 1.45. The van der Waals surface area contributed by atoms with Gasteiger partial charge in [0.2, 0.25) is 0 Å². The number of hydrogen-bond acceptors (Lipinski definition) is 3. The Labute approximate surface area is 99.7 Å². The molecule has 16 heavy (non-hydrogen) atoms. The average Bonchev–Trinajstić information content (AvgIpc) is 2.31. The summed E-state index contributed by atoms with van der Waals surface area (Å²) in [5.41, 5.74) is 5.62. The summed E-state index contributed by atoms with van der Waals surface area (Å²) in [6.45, 7) is 7.14. The van der Waals surface area contributed by atoms with Gasteiger partial charge < -0.3 is 10.5 Å². The van der Waals surface area contributed by atoms with Crippen LogP contribution in [0.1, 0.15) is 46.5 Å². The highest BCUT2D eigenvalue weighted by Gasteiger charge is 2.19. The molecule has 0 aromatic heterocycles. The molecule has 0 aliphatic carbocycles. The normalized spacial score (nSPS) is 16.6. The van der Waals surface area contributed by atoms with Crippen LogP contribution in [-0.2, 0) is 9.53 Å². The highest BCUT2D eigenvalue weighted by atomic mass is 16.5. The number of ether oxygens (including phenoxy) is 1. The number of hydrogen-bond donors (Lipinski definition) is 1. The highest BCUT2D eigenvalue weighted by Crippen LogP contribution is 2.25. The molecule has 96 valence electrons. The van der Waals surface area contributed by atoms with Crippen molar-refractivity contribution in [3.05, 3.63) is 0 Å². The number of nitrogens with two attached hydrogens (primary N) is 1. The second-order valence-electron chi connectivity index (χ2n) is 4.72. The van der Waals surface area contributed by atoms with Crippen LogP contribution in [0.5, 0.6) is 0 Å². The smallest absolute Gasteiger partial charge is 0.308 e. The van der Waals surface area contributed by atoms with E-state index in [1.807, 2.05) is 6.92 Å². The van der Waals surface area contributed by atoms with Gasteiger partial charge in [0.05, 0.1) is 13.0 Å². The van der Waals surface area contributed by atoms with Crippen LogP contribution in [0.3, 0.4) is 0 Å². The average molecular weight is 229 g/mol. The predicted molar refractivity (Wildman–Crippen MR) is 67.0 cm³/mol. The number of carbonyl (C=O) groups excluding carboxylic acids is 1. The molecule has 0 saturated carbocycles. The van der Waals surface area contributed by atoms with Crippen LogP contribution >= 0.6 is 0 Å². The fourth-order valence-corrected chi connectivity index (χ4v) is 2.04. The van der Waals surface area contributed by atoms with Crippen LogP contribution in [0.15, 0.2) is 0 Å². The quantitative estimate of drug-likeness (QED) is 0.651. The zero-order valence-electron chi connectivity index (χ0n) is 11.2. The lowest BCUT2D eigenvalue weighted by atomic mass is 9.83. The second kappa shape index (κ2) is 8.57. The molecule has 0 aliphatic rings. The summed E-state index contributed by atoms with van der Waals surface area (Å²) in [5.74, 6) is 1.24. The van der Waals surface area contributed by atoms with E-state index in [0.717, 1.165) is 25.8 Å². The molecule has 0 aromatic rings. The summed E-state index contributed by atoms with van der Waals surface area (Å²) in [6, 6.07) is 0. The van der Waals surface area contributed by atoms with E-state index in [4.69, 9.17) is 10.5 Å². The standard InChI is InChI=1S/C13H27NO2/c1-5-10(2)12(8-9-14)7-6-11(3)13(15)16-4/h10-12H,5-9,14H2,1-4H3/t10-,11?,12?/m0/s1. The van der Waals surface area contributed by atoms with Crippen molar-refractivity contribution in [1.82, 2.24) is 0 Å². The van der Waals surface area contributed by atoms with Gasteiger partial charge in [0.15, 0.2) is 0 Å². The number of rotatable bonds is 8. The number of esters is 1. The van der Waals surface area contributed by atoms with Gasteiger partial charge in [-0.15, -0.1) is 0 Å². The van der Waals surface area contributed by atoms with Crippen LogP contribution in [-0.4, -0.2) is 19.6 Å². The predicted octanol–water partition coefficient (Wildman–Crippen LogP) is 2.59. The number of carbonyl (C=O) groups is 1. The van der Waals surface area contributed by atoms with Crippen molar-refractivity contribution in [1.29, 1.82) is 0 Å². The molecule has 0 saturated heterocycles. The molecule has 3 nitrogen and oxygen atoms in total. The number of methoxy groups -OCH3 is 1. The minimum atomic E-state index is -0.101. The van der Waals surface area contributed by atoms with Gasteiger partial charge in [0, 0.05) is 0 Å². The van der Waals surface area contributed by atoms with Crippen LogP contribution in [0, 0.1) is 17.8 Å². The van der Waals surface area contributed by atoms with Gasteiger partial charge in [-0.25, -0.2) is 0 Å². The SMILES string of the molecule is CC[C@H](C)C(CCN)CCC(C)C(=O)OC. The first-order valence-electron chi connectivity index (χ1n) is 6.34. The third kappa shape index (κ3) is 5.50. The zero-order chi connectivity index (χ0) is 12.6. The Bertz CT molecular complexity index is 194. The molecule has 0 rings (SSSR count). The van der Waals surface area contributed by atoms with E-state index in [9.17, 15) is 4.79 Å². The van der Waals surface area contributed by atoms with Crippen molar-refractivity contribution in [3.63, 3.8) is 0 Å². The maximum atomic E-state index is 11.3. The summed E-state index contributed by atoms with van der Waals surface area (Å²) in [5, 5.41) is 0. The van der Waals surface area contributed by atoms with E-state index in [1.54, 1.807) is 0 Å². The van der Waals surface area contributed by atoms with Crippen LogP contribution in [0.2, 0.25) is 0 Å². The van der Waals surface area contributed by atoms with E-state index < -0.39 is 0 Å². The molecule has 0 aliphatic heterocycles. The summed E-state index contributed by atoms with van der Waals surface area (Å²) in [6.07, 6.45) is 4.21. The maximum absolute atomic E-state index is 11.3. The molecule has 3 atom stereocenters. The minimum absolute atomic E-state index is 0.00864. The minimum Gasteiger partial charge on any atom is -0.469 e. The molecule has 2 N–H and O–H groups in total. The molecular formula is C13H27NO2. The lowest BCUT2D eigenvalue weighted by Gasteiger charge is -2.23. The summed E-state index contributed by atoms with van der Waals surface area (Å²) < 4.78 is 4.73. The molecule has 0 bridgehead atoms. The van der Waals surface area contributed by atoms with Gasteiger partial charge in [-0.05, 0) is 37.6 Å². The van der Waals surface area contributed by atoms with Crippen molar-refractivity contribution >= 4 is 5.97 Å². The van der Waals surface area contributed by atoms with E-state index in [1.165, 1.54) is 13.5 Å². The van der Waals surface area contributed by atoms with Crippen LogP contribution in [0.4, 0.5) is 0 Å². The lowest BCUT2D eigenvalue weighted by Crippen LogP contribution is -2.19. The molecule has 0 aromatic carbocycles. The Morgan fingerprint density at radius 2 is 1.88 bits per heavy atom. The van der Waals surface area contributed by atoms with Crippen molar-refractivity contribution in [2.45, 2.75) is 46.5 Å². The van der Waals surface area contributed by atoms with E-state index in [0.29, 0.717) is 11.8 Å².